The van der Waals surface area contributed by atoms with Gasteiger partial charge in [-0.05, 0) is 11.6 Å². The molecule has 2 amide bonds. The Labute approximate surface area is 146 Å². The summed E-state index contributed by atoms with van der Waals surface area (Å²) in [6.45, 7) is 2.70. The van der Waals surface area contributed by atoms with Gasteiger partial charge in [0.2, 0.25) is 5.91 Å². The van der Waals surface area contributed by atoms with Crippen LogP contribution in [0.4, 0.5) is 0 Å². The maximum atomic E-state index is 12.3. The van der Waals surface area contributed by atoms with Gasteiger partial charge >= 0.3 is 0 Å². The minimum Gasteiger partial charge on any atom is -0.383 e. The Bertz CT molecular complexity index is 756. The smallest absolute Gasteiger partial charge is 0.254 e. The minimum atomic E-state index is -0.0803. The highest BCUT2D eigenvalue weighted by atomic mass is 16.5. The van der Waals surface area contributed by atoms with E-state index in [4.69, 9.17) is 4.74 Å². The summed E-state index contributed by atoms with van der Waals surface area (Å²) >= 11 is 0. The third-order valence-corrected chi connectivity index (χ3v) is 4.31. The number of carbonyl (C=O) groups is 2. The lowest BCUT2D eigenvalue weighted by Gasteiger charge is -2.15. The summed E-state index contributed by atoms with van der Waals surface area (Å²) in [5.41, 5.74) is 2.69. The van der Waals surface area contributed by atoms with Crippen molar-refractivity contribution < 1.29 is 14.3 Å². The van der Waals surface area contributed by atoms with Gasteiger partial charge in [-0.15, -0.1) is 0 Å². The molecule has 1 aromatic heterocycles. The van der Waals surface area contributed by atoms with Crippen LogP contribution in [-0.2, 0) is 29.2 Å². The molecule has 0 saturated carbocycles. The molecule has 0 saturated heterocycles. The van der Waals surface area contributed by atoms with Gasteiger partial charge in [0, 0.05) is 44.9 Å². The molecule has 1 aromatic carbocycles. The number of fused-ring (bicyclic) bond motifs is 1. The van der Waals surface area contributed by atoms with Crippen LogP contribution < -0.4 is 5.32 Å². The summed E-state index contributed by atoms with van der Waals surface area (Å²) in [6, 6.07) is 7.57. The molecule has 132 valence electrons. The summed E-state index contributed by atoms with van der Waals surface area (Å²) in [5, 5.41) is 2.88. The monoisotopic (exact) mass is 342 g/mol. The Morgan fingerprint density at radius 2 is 2.16 bits per heavy atom. The van der Waals surface area contributed by atoms with Gasteiger partial charge in [0.05, 0.1) is 25.2 Å². The third kappa shape index (κ3) is 4.06. The molecule has 0 spiro atoms. The van der Waals surface area contributed by atoms with Crippen molar-refractivity contribution in [2.45, 2.75) is 26.1 Å². The highest BCUT2D eigenvalue weighted by Gasteiger charge is 2.26. The molecule has 0 aliphatic carbocycles. The van der Waals surface area contributed by atoms with Crippen molar-refractivity contribution in [2.24, 2.45) is 0 Å². The third-order valence-electron chi connectivity index (χ3n) is 4.31. The number of benzene rings is 1. The van der Waals surface area contributed by atoms with E-state index in [0.717, 1.165) is 16.8 Å². The Morgan fingerprint density at radius 3 is 2.96 bits per heavy atom. The topological polar surface area (TPSA) is 76.5 Å². The molecule has 7 heteroatoms. The molecule has 25 heavy (non-hydrogen) atoms. The van der Waals surface area contributed by atoms with Crippen molar-refractivity contribution in [3.63, 3.8) is 0 Å². The van der Waals surface area contributed by atoms with Gasteiger partial charge in [-0.1, -0.05) is 18.2 Å². The predicted octanol–water partition coefficient (Wildman–Crippen LogP) is 1.19. The highest BCUT2D eigenvalue weighted by molar-refractivity contribution is 5.98. The zero-order valence-corrected chi connectivity index (χ0v) is 14.3. The quantitative estimate of drug-likeness (QED) is 0.782. The van der Waals surface area contributed by atoms with E-state index >= 15 is 0 Å². The van der Waals surface area contributed by atoms with E-state index in [2.05, 4.69) is 10.3 Å². The lowest BCUT2D eigenvalue weighted by molar-refractivity contribution is -0.121. The van der Waals surface area contributed by atoms with Crippen LogP contribution >= 0.6 is 0 Å². The van der Waals surface area contributed by atoms with E-state index in [1.165, 1.54) is 0 Å². The SMILES string of the molecule is COCCn1cncc1CNC(=O)CCN1Cc2ccccc2C1=O. The maximum absolute atomic E-state index is 12.3. The van der Waals surface area contributed by atoms with Gasteiger partial charge in [0.25, 0.3) is 5.91 Å². The minimum absolute atomic E-state index is 0.000965. The van der Waals surface area contributed by atoms with Crippen LogP contribution in [-0.4, -0.2) is 46.5 Å². The van der Waals surface area contributed by atoms with Gasteiger partial charge in [-0.3, -0.25) is 9.59 Å². The second-order valence-corrected chi connectivity index (χ2v) is 5.98. The molecule has 0 bridgehead atoms. The summed E-state index contributed by atoms with van der Waals surface area (Å²) in [7, 11) is 1.65. The van der Waals surface area contributed by atoms with E-state index in [1.54, 1.807) is 24.5 Å². The molecule has 0 fully saturated rings. The summed E-state index contributed by atoms with van der Waals surface area (Å²) in [6.07, 6.45) is 3.74. The molecular weight excluding hydrogens is 320 g/mol. The largest absolute Gasteiger partial charge is 0.383 e. The van der Waals surface area contributed by atoms with Crippen LogP contribution in [0.25, 0.3) is 0 Å². The molecule has 2 aromatic rings. The number of methoxy groups -OCH3 is 1. The first-order valence-corrected chi connectivity index (χ1v) is 8.31. The molecule has 1 aliphatic rings. The number of amides is 2. The Balaban J connectivity index is 1.45. The van der Waals surface area contributed by atoms with Crippen molar-refractivity contribution in [3.05, 3.63) is 53.6 Å². The Hall–Kier alpha value is -2.67. The van der Waals surface area contributed by atoms with Crippen molar-refractivity contribution in [1.29, 1.82) is 0 Å². The number of hydrogen-bond acceptors (Lipinski definition) is 4. The summed E-state index contributed by atoms with van der Waals surface area (Å²) in [4.78, 5) is 30.2. The van der Waals surface area contributed by atoms with Crippen LogP contribution in [0.2, 0.25) is 0 Å². The highest BCUT2D eigenvalue weighted by Crippen LogP contribution is 2.22. The lowest BCUT2D eigenvalue weighted by atomic mass is 10.1. The average Bonchev–Trinajstić information content (AvgIpc) is 3.21. The number of aromatic nitrogens is 2. The van der Waals surface area contributed by atoms with Gasteiger partial charge < -0.3 is 19.5 Å². The fraction of sp³-hybridized carbons (Fsp3) is 0.389. The molecule has 1 N–H and O–H groups in total. The van der Waals surface area contributed by atoms with Gasteiger partial charge in [0.1, 0.15) is 0 Å². The first-order chi connectivity index (χ1) is 12.2. The molecule has 2 heterocycles. The van der Waals surface area contributed by atoms with E-state index in [-0.39, 0.29) is 18.2 Å². The van der Waals surface area contributed by atoms with Gasteiger partial charge in [-0.25, -0.2) is 4.98 Å². The van der Waals surface area contributed by atoms with Crippen LogP contribution in [0.5, 0.6) is 0 Å². The number of nitrogens with zero attached hydrogens (tertiary/aromatic N) is 3. The second-order valence-electron chi connectivity index (χ2n) is 5.98. The molecule has 7 nitrogen and oxygen atoms in total. The number of imidazole rings is 1. The van der Waals surface area contributed by atoms with Crippen LogP contribution in [0.15, 0.2) is 36.8 Å². The zero-order chi connectivity index (χ0) is 17.6. The van der Waals surface area contributed by atoms with Gasteiger partial charge in [-0.2, -0.15) is 0 Å². The molecular formula is C18H22N4O3. The molecule has 0 radical (unpaired) electrons. The van der Waals surface area contributed by atoms with E-state index in [1.807, 2.05) is 28.8 Å². The van der Waals surface area contributed by atoms with Crippen LogP contribution in [0, 0.1) is 0 Å². The number of rotatable bonds is 8. The van der Waals surface area contributed by atoms with Crippen molar-refractivity contribution >= 4 is 11.8 Å². The average molecular weight is 342 g/mol. The standard InChI is InChI=1S/C18H22N4O3/c1-25-9-8-22-13-19-10-15(22)11-20-17(23)6-7-21-12-14-4-2-3-5-16(14)18(21)24/h2-5,10,13H,6-9,11-12H2,1H3,(H,20,23). The van der Waals surface area contributed by atoms with Crippen molar-refractivity contribution in [2.75, 3.05) is 20.3 Å². The maximum Gasteiger partial charge on any atom is 0.254 e. The van der Waals surface area contributed by atoms with Crippen LogP contribution in [0.1, 0.15) is 28.0 Å². The van der Waals surface area contributed by atoms with E-state index in [9.17, 15) is 9.59 Å². The Morgan fingerprint density at radius 1 is 1.32 bits per heavy atom. The van der Waals surface area contributed by atoms with Crippen molar-refractivity contribution in [3.8, 4) is 0 Å². The molecule has 1 aliphatic heterocycles. The summed E-state index contributed by atoms with van der Waals surface area (Å²) < 4.78 is 7.00. The number of carbonyl (C=O) groups excluding carboxylic acids is 2. The first-order valence-electron chi connectivity index (χ1n) is 8.31. The Kier molecular flexibility index (Phi) is 5.45. The van der Waals surface area contributed by atoms with E-state index < -0.39 is 0 Å². The number of hydrogen-bond donors (Lipinski definition) is 1. The molecule has 0 atom stereocenters. The fourth-order valence-electron chi connectivity index (χ4n) is 2.90. The zero-order valence-electron chi connectivity index (χ0n) is 14.3. The number of ether oxygens (including phenoxy) is 1. The van der Waals surface area contributed by atoms with Crippen molar-refractivity contribution in [1.82, 2.24) is 19.8 Å². The molecule has 3 rings (SSSR count). The van der Waals surface area contributed by atoms with E-state index in [0.29, 0.717) is 32.8 Å². The number of nitrogens with one attached hydrogen (secondary N) is 1. The predicted molar refractivity (Wildman–Crippen MR) is 91.7 cm³/mol. The first kappa shape index (κ1) is 17.2. The van der Waals surface area contributed by atoms with Crippen LogP contribution in [0.3, 0.4) is 0 Å². The summed E-state index contributed by atoms with van der Waals surface area (Å²) in [5.74, 6) is -0.0794. The fourth-order valence-corrected chi connectivity index (χ4v) is 2.90. The lowest BCUT2D eigenvalue weighted by Crippen LogP contribution is -2.31. The normalized spacial score (nSPS) is 13.2. The second kappa shape index (κ2) is 7.94. The molecule has 0 unspecified atom stereocenters. The van der Waals surface area contributed by atoms with Gasteiger partial charge in [0.15, 0.2) is 0 Å².